The van der Waals surface area contributed by atoms with Crippen LogP contribution in [-0.2, 0) is 0 Å². The minimum absolute atomic E-state index is 0.775. The van der Waals surface area contributed by atoms with Crippen molar-refractivity contribution in [3.05, 3.63) is 0 Å². The minimum atomic E-state index is 0.775. The molecule has 0 aromatic heterocycles. The Bertz CT molecular complexity index is 137. The van der Waals surface area contributed by atoms with Crippen LogP contribution in [0.15, 0.2) is 0 Å². The Morgan fingerprint density at radius 2 is 1.17 bits per heavy atom. The molecular weight excluding hydrogens is 220 g/mol. The van der Waals surface area contributed by atoms with E-state index in [1.165, 1.54) is 58.2 Å². The van der Waals surface area contributed by atoms with Gasteiger partial charge in [-0.1, -0.05) is 47.0 Å². The van der Waals surface area contributed by atoms with Crippen molar-refractivity contribution < 1.29 is 0 Å². The molecule has 2 N–H and O–H groups in total. The van der Waals surface area contributed by atoms with Gasteiger partial charge in [0.2, 0.25) is 0 Å². The molecule has 0 bridgehead atoms. The highest BCUT2D eigenvalue weighted by Gasteiger charge is 1.95. The van der Waals surface area contributed by atoms with E-state index in [-0.39, 0.29) is 0 Å². The summed E-state index contributed by atoms with van der Waals surface area (Å²) in [4.78, 5) is 0. The molecule has 110 valence electrons. The highest BCUT2D eigenvalue weighted by atomic mass is 14.9. The summed E-state index contributed by atoms with van der Waals surface area (Å²) in [6.07, 6.45) is 8.10. The number of rotatable bonds is 13. The molecule has 0 aliphatic rings. The predicted molar refractivity (Wildman–Crippen MR) is 83.1 cm³/mol. The van der Waals surface area contributed by atoms with Crippen LogP contribution < -0.4 is 10.6 Å². The maximum absolute atomic E-state index is 3.55. The van der Waals surface area contributed by atoms with Crippen molar-refractivity contribution in [2.24, 2.45) is 11.8 Å². The topological polar surface area (TPSA) is 24.1 Å². The van der Waals surface area contributed by atoms with Crippen molar-refractivity contribution in [2.75, 3.05) is 26.2 Å². The molecule has 2 nitrogen and oxygen atoms in total. The first-order valence-corrected chi connectivity index (χ1v) is 8.04. The van der Waals surface area contributed by atoms with Gasteiger partial charge in [-0.2, -0.15) is 0 Å². The molecule has 0 fully saturated rings. The molecule has 0 heterocycles. The van der Waals surface area contributed by atoms with E-state index in [9.17, 15) is 0 Å². The zero-order valence-electron chi connectivity index (χ0n) is 13.2. The zero-order valence-corrected chi connectivity index (χ0v) is 13.2. The first-order valence-electron chi connectivity index (χ1n) is 8.04. The molecule has 0 aromatic carbocycles. The smallest absolute Gasteiger partial charge is 0.00258 e. The van der Waals surface area contributed by atoms with Gasteiger partial charge >= 0.3 is 0 Å². The zero-order chi connectivity index (χ0) is 13.6. The lowest BCUT2D eigenvalue weighted by Gasteiger charge is -2.08. The number of nitrogens with one attached hydrogen (secondary N) is 2. The molecule has 0 saturated heterocycles. The summed E-state index contributed by atoms with van der Waals surface area (Å²) in [7, 11) is 0. The lowest BCUT2D eigenvalue weighted by Crippen LogP contribution is -2.21. The molecule has 0 aromatic rings. The van der Waals surface area contributed by atoms with Crippen molar-refractivity contribution >= 4 is 0 Å². The van der Waals surface area contributed by atoms with Crippen LogP contribution in [0.25, 0.3) is 0 Å². The van der Waals surface area contributed by atoms with Gasteiger partial charge in [-0.25, -0.2) is 0 Å². The number of hydrogen-bond acceptors (Lipinski definition) is 2. The van der Waals surface area contributed by atoms with Crippen molar-refractivity contribution in [1.82, 2.24) is 10.6 Å². The molecular formula is C16H36N2. The molecule has 0 rings (SSSR count). The molecule has 0 radical (unpaired) electrons. The molecule has 0 unspecified atom stereocenters. The van der Waals surface area contributed by atoms with Gasteiger partial charge in [0, 0.05) is 0 Å². The Kier molecular flexibility index (Phi) is 13.3. The fourth-order valence-electron chi connectivity index (χ4n) is 2.00. The maximum atomic E-state index is 3.55. The normalized spacial score (nSPS) is 11.7. The quantitative estimate of drug-likeness (QED) is 0.490. The molecule has 0 aliphatic heterocycles. The Hall–Kier alpha value is -0.0800. The highest BCUT2D eigenvalue weighted by molar-refractivity contribution is 4.54. The SMILES string of the molecule is CC(C)CCCCNCCCCCNCC(C)C. The lowest BCUT2D eigenvalue weighted by molar-refractivity contribution is 0.506. The van der Waals surface area contributed by atoms with Crippen molar-refractivity contribution in [3.63, 3.8) is 0 Å². The summed E-state index contributed by atoms with van der Waals surface area (Å²) in [6.45, 7) is 13.9. The number of unbranched alkanes of at least 4 members (excludes halogenated alkanes) is 3. The van der Waals surface area contributed by atoms with E-state index < -0.39 is 0 Å². The summed E-state index contributed by atoms with van der Waals surface area (Å²) >= 11 is 0. The first kappa shape index (κ1) is 17.9. The Balaban J connectivity index is 2.95. The monoisotopic (exact) mass is 256 g/mol. The van der Waals surface area contributed by atoms with Gasteiger partial charge in [0.25, 0.3) is 0 Å². The second kappa shape index (κ2) is 13.4. The van der Waals surface area contributed by atoms with E-state index in [1.807, 2.05) is 0 Å². The van der Waals surface area contributed by atoms with Crippen LogP contribution in [0.5, 0.6) is 0 Å². The van der Waals surface area contributed by atoms with Crippen molar-refractivity contribution in [2.45, 2.75) is 66.2 Å². The third kappa shape index (κ3) is 15.9. The molecule has 18 heavy (non-hydrogen) atoms. The average Bonchev–Trinajstić information content (AvgIpc) is 2.29. The van der Waals surface area contributed by atoms with Crippen LogP contribution >= 0.6 is 0 Å². The highest BCUT2D eigenvalue weighted by Crippen LogP contribution is 2.05. The third-order valence-electron chi connectivity index (χ3n) is 3.14. The lowest BCUT2D eigenvalue weighted by atomic mass is 10.1. The Morgan fingerprint density at radius 1 is 0.611 bits per heavy atom. The maximum Gasteiger partial charge on any atom is -0.00258 e. The third-order valence-corrected chi connectivity index (χ3v) is 3.14. The Morgan fingerprint density at radius 3 is 1.72 bits per heavy atom. The second-order valence-electron chi connectivity index (χ2n) is 6.30. The van der Waals surface area contributed by atoms with E-state index in [0.717, 1.165) is 18.4 Å². The summed E-state index contributed by atoms with van der Waals surface area (Å²) in [6, 6.07) is 0. The van der Waals surface area contributed by atoms with Crippen LogP contribution in [0, 0.1) is 11.8 Å². The minimum Gasteiger partial charge on any atom is -0.317 e. The fourth-order valence-corrected chi connectivity index (χ4v) is 2.00. The largest absolute Gasteiger partial charge is 0.317 e. The molecule has 0 aliphatic carbocycles. The Labute approximate surface area is 115 Å². The van der Waals surface area contributed by atoms with Crippen LogP contribution in [0.1, 0.15) is 66.2 Å². The fraction of sp³-hybridized carbons (Fsp3) is 1.00. The second-order valence-corrected chi connectivity index (χ2v) is 6.30. The van der Waals surface area contributed by atoms with Gasteiger partial charge < -0.3 is 10.6 Å². The van der Waals surface area contributed by atoms with Crippen LogP contribution in [-0.4, -0.2) is 26.2 Å². The van der Waals surface area contributed by atoms with E-state index >= 15 is 0 Å². The van der Waals surface area contributed by atoms with Gasteiger partial charge in [-0.15, -0.1) is 0 Å². The number of hydrogen-bond donors (Lipinski definition) is 2. The van der Waals surface area contributed by atoms with Crippen molar-refractivity contribution in [3.8, 4) is 0 Å². The first-order chi connectivity index (χ1) is 8.63. The van der Waals surface area contributed by atoms with E-state index in [4.69, 9.17) is 0 Å². The summed E-state index contributed by atoms with van der Waals surface area (Å²) < 4.78 is 0. The summed E-state index contributed by atoms with van der Waals surface area (Å²) in [5, 5.41) is 7.04. The summed E-state index contributed by atoms with van der Waals surface area (Å²) in [5.74, 6) is 1.64. The van der Waals surface area contributed by atoms with Crippen LogP contribution in [0.2, 0.25) is 0 Å². The van der Waals surface area contributed by atoms with Gasteiger partial charge in [-0.3, -0.25) is 0 Å². The van der Waals surface area contributed by atoms with E-state index in [0.29, 0.717) is 0 Å². The van der Waals surface area contributed by atoms with E-state index in [1.54, 1.807) is 0 Å². The molecule has 0 spiro atoms. The van der Waals surface area contributed by atoms with Gasteiger partial charge in [0.1, 0.15) is 0 Å². The molecule has 0 amide bonds. The standard InChI is InChI=1S/C16H36N2/c1-15(2)10-6-9-12-17-11-7-5-8-13-18-14-16(3)4/h15-18H,5-14H2,1-4H3. The van der Waals surface area contributed by atoms with Gasteiger partial charge in [-0.05, 0) is 57.3 Å². The average molecular weight is 256 g/mol. The molecule has 0 atom stereocenters. The van der Waals surface area contributed by atoms with Crippen molar-refractivity contribution in [1.29, 1.82) is 0 Å². The van der Waals surface area contributed by atoms with Crippen LogP contribution in [0.4, 0.5) is 0 Å². The van der Waals surface area contributed by atoms with Crippen LogP contribution in [0.3, 0.4) is 0 Å². The summed E-state index contributed by atoms with van der Waals surface area (Å²) in [5.41, 5.74) is 0. The van der Waals surface area contributed by atoms with Gasteiger partial charge in [0.05, 0.1) is 0 Å². The molecule has 0 saturated carbocycles. The van der Waals surface area contributed by atoms with Gasteiger partial charge in [0.15, 0.2) is 0 Å². The molecule has 2 heteroatoms. The van der Waals surface area contributed by atoms with E-state index in [2.05, 4.69) is 38.3 Å². The predicted octanol–water partition coefficient (Wildman–Crippen LogP) is 3.82.